The van der Waals surface area contributed by atoms with Crippen LogP contribution in [0.1, 0.15) is 28.7 Å². The summed E-state index contributed by atoms with van der Waals surface area (Å²) in [5, 5.41) is 0.798. The molecule has 0 unspecified atom stereocenters. The van der Waals surface area contributed by atoms with E-state index >= 15 is 0 Å². The number of nitrogens with one attached hydrogen (secondary N) is 1. The number of fused-ring (bicyclic) bond motifs is 1. The molecule has 1 fully saturated rings. The fraction of sp³-hybridized carbons (Fsp3) is 0.182. The molecule has 3 aromatic rings. The van der Waals surface area contributed by atoms with Crippen molar-refractivity contribution < 1.29 is 35.9 Å². The minimum Gasteiger partial charge on any atom is -0.361 e. The summed E-state index contributed by atoms with van der Waals surface area (Å²) >= 11 is 0. The zero-order valence-electron chi connectivity index (χ0n) is 16.1. The number of imide groups is 1. The number of benzene rings is 2. The maximum Gasteiger partial charge on any atom is 0.416 e. The standard InChI is InChI=1S/C22H14F6N2O2/c23-21(24,25)15-5-12(6-16(9-15)22(26,27)28)11-30-19(31)8-13(20(30)32)7-14-10-29-18-4-2-1-3-17(14)18/h1-7,9-10,29H,8,11H2/b13-7-. The molecule has 0 spiro atoms. The molecule has 4 rings (SSSR count). The molecule has 1 N–H and O–H groups in total. The molecule has 0 atom stereocenters. The van der Waals surface area contributed by atoms with Gasteiger partial charge >= 0.3 is 12.4 Å². The fourth-order valence-electron chi connectivity index (χ4n) is 3.59. The number of carbonyl (C=O) groups excluding carboxylic acids is 2. The van der Waals surface area contributed by atoms with Crippen LogP contribution in [0.5, 0.6) is 0 Å². The van der Waals surface area contributed by atoms with Crippen LogP contribution in [0.4, 0.5) is 26.3 Å². The zero-order chi connectivity index (χ0) is 23.3. The van der Waals surface area contributed by atoms with Crippen molar-refractivity contribution in [3.63, 3.8) is 0 Å². The Morgan fingerprint density at radius 3 is 2.19 bits per heavy atom. The lowest BCUT2D eigenvalue weighted by Gasteiger charge is -2.17. The van der Waals surface area contributed by atoms with Crippen molar-refractivity contribution in [3.05, 3.63) is 76.5 Å². The Labute approximate surface area is 177 Å². The molecule has 32 heavy (non-hydrogen) atoms. The number of hydrogen-bond acceptors (Lipinski definition) is 2. The van der Waals surface area contributed by atoms with E-state index in [-0.39, 0.29) is 18.1 Å². The molecule has 0 bridgehead atoms. The summed E-state index contributed by atoms with van der Waals surface area (Å²) in [5.41, 5.74) is -1.91. The number of alkyl halides is 6. The van der Waals surface area contributed by atoms with Crippen molar-refractivity contribution in [2.75, 3.05) is 0 Å². The van der Waals surface area contributed by atoms with Crippen LogP contribution in [0.25, 0.3) is 17.0 Å². The van der Waals surface area contributed by atoms with E-state index in [0.717, 1.165) is 10.9 Å². The smallest absolute Gasteiger partial charge is 0.361 e. The summed E-state index contributed by atoms with van der Waals surface area (Å²) in [5.74, 6) is -1.46. The lowest BCUT2D eigenvalue weighted by molar-refractivity contribution is -0.143. The molecule has 1 aromatic heterocycles. The van der Waals surface area contributed by atoms with Crippen molar-refractivity contribution >= 4 is 28.8 Å². The molecule has 2 heterocycles. The molecule has 0 saturated carbocycles. The first kappa shape index (κ1) is 21.7. The highest BCUT2D eigenvalue weighted by molar-refractivity contribution is 6.16. The molecule has 4 nitrogen and oxygen atoms in total. The number of amides is 2. The summed E-state index contributed by atoms with van der Waals surface area (Å²) in [6.07, 6.45) is -7.21. The third kappa shape index (κ3) is 4.12. The number of likely N-dealkylation sites (tertiary alicyclic amines) is 1. The number of H-pyrrole nitrogens is 1. The van der Waals surface area contributed by atoms with Crippen LogP contribution < -0.4 is 0 Å². The lowest BCUT2D eigenvalue weighted by atomic mass is 10.0. The molecule has 2 aromatic carbocycles. The molecule has 1 saturated heterocycles. The monoisotopic (exact) mass is 452 g/mol. The van der Waals surface area contributed by atoms with Gasteiger partial charge in [-0.15, -0.1) is 0 Å². The molecule has 0 aliphatic carbocycles. The number of halogens is 6. The van der Waals surface area contributed by atoms with E-state index in [9.17, 15) is 35.9 Å². The second kappa shape index (κ2) is 7.54. The van der Waals surface area contributed by atoms with Crippen molar-refractivity contribution in [2.24, 2.45) is 0 Å². The topological polar surface area (TPSA) is 53.2 Å². The number of carbonyl (C=O) groups is 2. The van der Waals surface area contributed by atoms with Crippen LogP contribution >= 0.6 is 0 Å². The molecule has 0 radical (unpaired) electrons. The quantitative estimate of drug-likeness (QED) is 0.322. The highest BCUT2D eigenvalue weighted by Gasteiger charge is 2.38. The molecule has 2 amide bonds. The SMILES string of the molecule is O=C1C/C(=C/c2c[nH]c3ccccc23)C(=O)N1Cc1cc(C(F)(F)F)cc(C(F)(F)F)c1. The van der Waals surface area contributed by atoms with Gasteiger partial charge in [-0.25, -0.2) is 0 Å². The summed E-state index contributed by atoms with van der Waals surface area (Å²) < 4.78 is 78.5. The molecular formula is C22H14F6N2O2. The van der Waals surface area contributed by atoms with Gasteiger partial charge in [0, 0.05) is 28.2 Å². The Morgan fingerprint density at radius 1 is 0.938 bits per heavy atom. The average Bonchev–Trinajstić information content (AvgIpc) is 3.23. The Hall–Kier alpha value is -3.56. The zero-order valence-corrected chi connectivity index (χ0v) is 16.1. The van der Waals surface area contributed by atoms with E-state index in [4.69, 9.17) is 0 Å². The van der Waals surface area contributed by atoms with Gasteiger partial charge in [0.25, 0.3) is 5.91 Å². The maximum absolute atomic E-state index is 13.1. The van der Waals surface area contributed by atoms with Gasteiger partial charge in [-0.05, 0) is 35.9 Å². The van der Waals surface area contributed by atoms with Gasteiger partial charge in [0.1, 0.15) is 0 Å². The van der Waals surface area contributed by atoms with Crippen LogP contribution in [0.15, 0.2) is 54.2 Å². The predicted octanol–water partition coefficient (Wildman–Crippen LogP) is 5.55. The van der Waals surface area contributed by atoms with E-state index < -0.39 is 47.4 Å². The number of aromatic nitrogens is 1. The van der Waals surface area contributed by atoms with Crippen LogP contribution in [0.2, 0.25) is 0 Å². The minimum atomic E-state index is -5.02. The van der Waals surface area contributed by atoms with E-state index in [1.165, 1.54) is 6.08 Å². The van der Waals surface area contributed by atoms with Gasteiger partial charge in [0.2, 0.25) is 5.91 Å². The largest absolute Gasteiger partial charge is 0.416 e. The second-order valence-electron chi connectivity index (χ2n) is 7.34. The summed E-state index contributed by atoms with van der Waals surface area (Å²) in [4.78, 5) is 28.8. The van der Waals surface area contributed by atoms with E-state index in [1.54, 1.807) is 18.3 Å². The van der Waals surface area contributed by atoms with Gasteiger partial charge in [0.05, 0.1) is 24.1 Å². The lowest BCUT2D eigenvalue weighted by Crippen LogP contribution is -2.29. The number of hydrogen-bond donors (Lipinski definition) is 1. The normalized spacial score (nSPS) is 16.6. The second-order valence-corrected chi connectivity index (χ2v) is 7.34. The van der Waals surface area contributed by atoms with Crippen LogP contribution in [-0.2, 0) is 28.5 Å². The molecule has 1 aliphatic heterocycles. The van der Waals surface area contributed by atoms with E-state index in [1.807, 2.05) is 12.1 Å². The van der Waals surface area contributed by atoms with E-state index in [2.05, 4.69) is 4.98 Å². The van der Waals surface area contributed by atoms with Crippen molar-refractivity contribution in [1.29, 1.82) is 0 Å². The fourth-order valence-corrected chi connectivity index (χ4v) is 3.59. The average molecular weight is 452 g/mol. The van der Waals surface area contributed by atoms with Crippen molar-refractivity contribution in [3.8, 4) is 0 Å². The number of rotatable bonds is 3. The van der Waals surface area contributed by atoms with Crippen molar-refractivity contribution in [2.45, 2.75) is 25.3 Å². The van der Waals surface area contributed by atoms with Crippen LogP contribution in [0, 0.1) is 0 Å². The number of nitrogens with zero attached hydrogens (tertiary/aromatic N) is 1. The van der Waals surface area contributed by atoms with Gasteiger partial charge in [-0.1, -0.05) is 18.2 Å². The van der Waals surface area contributed by atoms with Gasteiger partial charge in [0.15, 0.2) is 0 Å². The van der Waals surface area contributed by atoms with Gasteiger partial charge in [-0.3, -0.25) is 14.5 Å². The predicted molar refractivity (Wildman–Crippen MR) is 103 cm³/mol. The van der Waals surface area contributed by atoms with Crippen LogP contribution in [0.3, 0.4) is 0 Å². The molecule has 166 valence electrons. The molecular weight excluding hydrogens is 438 g/mol. The third-order valence-corrected chi connectivity index (χ3v) is 5.10. The highest BCUT2D eigenvalue weighted by Crippen LogP contribution is 2.37. The Kier molecular flexibility index (Phi) is 5.10. The van der Waals surface area contributed by atoms with Crippen molar-refractivity contribution in [1.82, 2.24) is 9.88 Å². The molecule has 10 heteroatoms. The van der Waals surface area contributed by atoms with Gasteiger partial charge in [-0.2, -0.15) is 26.3 Å². The third-order valence-electron chi connectivity index (χ3n) is 5.10. The van der Waals surface area contributed by atoms with E-state index in [0.29, 0.717) is 22.6 Å². The Balaban J connectivity index is 1.65. The first-order chi connectivity index (χ1) is 14.9. The van der Waals surface area contributed by atoms with Crippen LogP contribution in [-0.4, -0.2) is 21.7 Å². The highest BCUT2D eigenvalue weighted by atomic mass is 19.4. The Bertz CT molecular complexity index is 1220. The minimum absolute atomic E-state index is 0.000526. The summed E-state index contributed by atoms with van der Waals surface area (Å²) in [7, 11) is 0. The molecule has 1 aliphatic rings. The summed E-state index contributed by atoms with van der Waals surface area (Å²) in [6, 6.07) is 8.24. The summed E-state index contributed by atoms with van der Waals surface area (Å²) in [6.45, 7) is -0.699. The Morgan fingerprint density at radius 2 is 1.56 bits per heavy atom. The first-order valence-electron chi connectivity index (χ1n) is 9.33. The number of para-hydroxylation sites is 1. The number of aromatic amines is 1. The van der Waals surface area contributed by atoms with Gasteiger partial charge < -0.3 is 4.98 Å². The first-order valence-corrected chi connectivity index (χ1v) is 9.33. The maximum atomic E-state index is 13.1.